The van der Waals surface area contributed by atoms with Crippen LogP contribution in [-0.2, 0) is 6.42 Å². The molecule has 3 rings (SSSR count). The van der Waals surface area contributed by atoms with Crippen molar-refractivity contribution in [2.75, 3.05) is 0 Å². The van der Waals surface area contributed by atoms with Gasteiger partial charge in [0.05, 0.1) is 6.04 Å². The molecule has 1 aliphatic carbocycles. The lowest BCUT2D eigenvalue weighted by Gasteiger charge is -2.32. The summed E-state index contributed by atoms with van der Waals surface area (Å²) in [5.74, 6) is 1.81. The zero-order valence-electron chi connectivity index (χ0n) is 11.7. The Morgan fingerprint density at radius 1 is 1.30 bits per heavy atom. The van der Waals surface area contributed by atoms with Gasteiger partial charge >= 0.3 is 0 Å². The number of furan rings is 1. The molecule has 0 spiro atoms. The molecular weight excluding hydrogens is 250 g/mol. The second-order valence-electron chi connectivity index (χ2n) is 6.12. The summed E-state index contributed by atoms with van der Waals surface area (Å²) in [5, 5.41) is 3.95. The van der Waals surface area contributed by atoms with Gasteiger partial charge in [-0.2, -0.15) is 0 Å². The summed E-state index contributed by atoms with van der Waals surface area (Å²) >= 11 is 0. The lowest BCUT2D eigenvalue weighted by molar-refractivity contribution is 0.257. The van der Waals surface area contributed by atoms with Crippen LogP contribution in [0.15, 0.2) is 45.9 Å². The zero-order chi connectivity index (χ0) is 14.2. The fourth-order valence-electron chi connectivity index (χ4n) is 2.91. The molecule has 2 aromatic rings. The second-order valence-corrected chi connectivity index (χ2v) is 6.12. The largest absolute Gasteiger partial charge is 0.461 e. The van der Waals surface area contributed by atoms with E-state index in [0.29, 0.717) is 0 Å². The van der Waals surface area contributed by atoms with E-state index in [2.05, 4.69) is 23.9 Å². The minimum Gasteiger partial charge on any atom is -0.461 e. The van der Waals surface area contributed by atoms with Crippen LogP contribution in [0.1, 0.15) is 37.6 Å². The Balaban J connectivity index is 2.07. The molecule has 1 atom stereocenters. The predicted molar refractivity (Wildman–Crippen MR) is 78.1 cm³/mol. The summed E-state index contributed by atoms with van der Waals surface area (Å²) in [4.78, 5) is 2.99. The maximum atomic E-state index is 8.77. The summed E-state index contributed by atoms with van der Waals surface area (Å²) in [7, 11) is 0. The SMILES string of the molecule is CC1(C)Cc2oc(-c3ccccc3)cc2C(N=[N+]=[N-])C1. The average Bonchev–Trinajstić information content (AvgIpc) is 2.82. The first-order valence-corrected chi connectivity index (χ1v) is 6.81. The molecule has 1 aromatic carbocycles. The Kier molecular flexibility index (Phi) is 3.03. The molecular formula is C16H17N3O. The van der Waals surface area contributed by atoms with E-state index in [1.165, 1.54) is 0 Å². The molecule has 0 bridgehead atoms. The first-order valence-electron chi connectivity index (χ1n) is 6.81. The third-order valence-electron chi connectivity index (χ3n) is 3.84. The maximum absolute atomic E-state index is 8.77. The van der Waals surface area contributed by atoms with E-state index < -0.39 is 0 Å². The van der Waals surface area contributed by atoms with Gasteiger partial charge in [0.15, 0.2) is 0 Å². The first kappa shape index (κ1) is 12.8. The smallest absolute Gasteiger partial charge is 0.134 e. The molecule has 1 heterocycles. The van der Waals surface area contributed by atoms with E-state index in [4.69, 9.17) is 9.95 Å². The van der Waals surface area contributed by atoms with Crippen LogP contribution in [0.3, 0.4) is 0 Å². The van der Waals surface area contributed by atoms with E-state index in [9.17, 15) is 0 Å². The van der Waals surface area contributed by atoms with Gasteiger partial charge in [-0.05, 0) is 23.4 Å². The van der Waals surface area contributed by atoms with Gasteiger partial charge in [0.2, 0.25) is 0 Å². The van der Waals surface area contributed by atoms with Crippen LogP contribution in [0.4, 0.5) is 0 Å². The Morgan fingerprint density at radius 3 is 2.75 bits per heavy atom. The molecule has 0 radical (unpaired) electrons. The van der Waals surface area contributed by atoms with Crippen LogP contribution in [0.5, 0.6) is 0 Å². The minimum atomic E-state index is -0.125. The van der Waals surface area contributed by atoms with Gasteiger partial charge in [-0.3, -0.25) is 0 Å². The van der Waals surface area contributed by atoms with Crippen LogP contribution >= 0.6 is 0 Å². The van der Waals surface area contributed by atoms with Crippen molar-refractivity contribution in [3.8, 4) is 11.3 Å². The van der Waals surface area contributed by atoms with Crippen LogP contribution in [0.2, 0.25) is 0 Å². The number of benzene rings is 1. The summed E-state index contributed by atoms with van der Waals surface area (Å²) in [6.07, 6.45) is 1.74. The van der Waals surface area contributed by atoms with E-state index >= 15 is 0 Å². The molecule has 0 aliphatic heterocycles. The third kappa shape index (κ3) is 2.30. The zero-order valence-corrected chi connectivity index (χ0v) is 11.7. The highest BCUT2D eigenvalue weighted by Crippen LogP contribution is 2.45. The van der Waals surface area contributed by atoms with Gasteiger partial charge in [-0.1, -0.05) is 49.3 Å². The monoisotopic (exact) mass is 267 g/mol. The van der Waals surface area contributed by atoms with Crippen LogP contribution in [0, 0.1) is 5.41 Å². The summed E-state index contributed by atoms with van der Waals surface area (Å²) in [5.41, 5.74) is 11.0. The molecule has 0 saturated heterocycles. The van der Waals surface area contributed by atoms with E-state index in [1.807, 2.05) is 36.4 Å². The standard InChI is InChI=1S/C16H17N3O/c1-16(2)9-13(18-19-17)12-8-14(20-15(12)10-16)11-6-4-3-5-7-11/h3-8,13H,9-10H2,1-2H3. The molecule has 1 aliphatic rings. The fourth-order valence-corrected chi connectivity index (χ4v) is 2.91. The van der Waals surface area contributed by atoms with E-state index in [0.717, 1.165) is 35.5 Å². The normalized spacial score (nSPS) is 20.0. The fraction of sp³-hybridized carbons (Fsp3) is 0.375. The Labute approximate surface area is 118 Å². The summed E-state index contributed by atoms with van der Waals surface area (Å²) in [6.45, 7) is 4.36. The van der Waals surface area contributed by atoms with Crippen molar-refractivity contribution in [1.82, 2.24) is 0 Å². The van der Waals surface area contributed by atoms with Crippen molar-refractivity contribution >= 4 is 0 Å². The van der Waals surface area contributed by atoms with Gasteiger partial charge in [0.1, 0.15) is 11.5 Å². The first-order chi connectivity index (χ1) is 9.59. The number of hydrogen-bond acceptors (Lipinski definition) is 2. The van der Waals surface area contributed by atoms with Crippen LogP contribution < -0.4 is 0 Å². The maximum Gasteiger partial charge on any atom is 0.134 e. The Hall–Kier alpha value is -2.19. The number of azide groups is 1. The van der Waals surface area contributed by atoms with Crippen molar-refractivity contribution in [2.45, 2.75) is 32.7 Å². The lowest BCUT2D eigenvalue weighted by atomic mass is 9.75. The van der Waals surface area contributed by atoms with Crippen molar-refractivity contribution in [1.29, 1.82) is 0 Å². The van der Waals surface area contributed by atoms with Crippen molar-refractivity contribution in [2.24, 2.45) is 10.5 Å². The highest BCUT2D eigenvalue weighted by Gasteiger charge is 2.34. The summed E-state index contributed by atoms with van der Waals surface area (Å²) < 4.78 is 6.02. The lowest BCUT2D eigenvalue weighted by Crippen LogP contribution is -2.23. The van der Waals surface area contributed by atoms with Crippen molar-refractivity contribution < 1.29 is 4.42 Å². The van der Waals surface area contributed by atoms with Gasteiger partial charge in [-0.15, -0.1) is 0 Å². The molecule has 0 amide bonds. The van der Waals surface area contributed by atoms with Crippen molar-refractivity contribution in [3.63, 3.8) is 0 Å². The van der Waals surface area contributed by atoms with E-state index in [1.54, 1.807) is 0 Å². The van der Waals surface area contributed by atoms with Crippen molar-refractivity contribution in [3.05, 3.63) is 58.2 Å². The van der Waals surface area contributed by atoms with Crippen LogP contribution in [0.25, 0.3) is 21.8 Å². The molecule has 4 heteroatoms. The molecule has 20 heavy (non-hydrogen) atoms. The topological polar surface area (TPSA) is 61.9 Å². The average molecular weight is 267 g/mol. The molecule has 1 unspecified atom stereocenters. The number of nitrogens with zero attached hydrogens (tertiary/aromatic N) is 3. The molecule has 1 aromatic heterocycles. The Bertz CT molecular complexity index is 666. The quantitative estimate of drug-likeness (QED) is 0.415. The molecule has 0 N–H and O–H groups in total. The number of rotatable bonds is 2. The third-order valence-corrected chi connectivity index (χ3v) is 3.84. The van der Waals surface area contributed by atoms with Gasteiger partial charge in [0, 0.05) is 22.5 Å². The summed E-state index contributed by atoms with van der Waals surface area (Å²) in [6, 6.07) is 11.9. The Morgan fingerprint density at radius 2 is 2.05 bits per heavy atom. The van der Waals surface area contributed by atoms with Gasteiger partial charge in [-0.25, -0.2) is 0 Å². The van der Waals surface area contributed by atoms with Crippen LogP contribution in [-0.4, -0.2) is 0 Å². The van der Waals surface area contributed by atoms with E-state index in [-0.39, 0.29) is 11.5 Å². The second kappa shape index (κ2) is 4.73. The predicted octanol–water partition coefficient (Wildman–Crippen LogP) is 5.27. The minimum absolute atomic E-state index is 0.0949. The number of hydrogen-bond donors (Lipinski definition) is 0. The van der Waals surface area contributed by atoms with Gasteiger partial charge < -0.3 is 4.42 Å². The molecule has 102 valence electrons. The highest BCUT2D eigenvalue weighted by molar-refractivity contribution is 5.59. The molecule has 0 fully saturated rings. The number of fused-ring (bicyclic) bond motifs is 1. The molecule has 0 saturated carbocycles. The molecule has 4 nitrogen and oxygen atoms in total. The van der Waals surface area contributed by atoms with Gasteiger partial charge in [0.25, 0.3) is 0 Å². The highest BCUT2D eigenvalue weighted by atomic mass is 16.3.